The summed E-state index contributed by atoms with van der Waals surface area (Å²) < 4.78 is 10.7. The molecular formula is C18H21N3O3. The van der Waals surface area contributed by atoms with E-state index in [-0.39, 0.29) is 5.91 Å². The van der Waals surface area contributed by atoms with Crippen molar-refractivity contribution in [2.75, 3.05) is 45.3 Å². The number of pyridine rings is 1. The predicted octanol–water partition coefficient (Wildman–Crippen LogP) is 2.06. The molecule has 1 aromatic carbocycles. The highest BCUT2D eigenvalue weighted by Crippen LogP contribution is 2.31. The number of ether oxygens (including phenoxy) is 2. The van der Waals surface area contributed by atoms with Gasteiger partial charge in [-0.2, -0.15) is 0 Å². The molecule has 1 amide bonds. The molecule has 126 valence electrons. The number of carbonyl (C=O) groups excluding carboxylic acids is 1. The summed E-state index contributed by atoms with van der Waals surface area (Å²) in [6, 6.07) is 9.35. The molecule has 24 heavy (non-hydrogen) atoms. The molecule has 1 saturated heterocycles. The van der Waals surface area contributed by atoms with Gasteiger partial charge in [0.2, 0.25) is 0 Å². The van der Waals surface area contributed by atoms with Gasteiger partial charge in [-0.05, 0) is 24.3 Å². The largest absolute Gasteiger partial charge is 0.493 e. The molecule has 0 aliphatic carbocycles. The quantitative estimate of drug-likeness (QED) is 0.860. The van der Waals surface area contributed by atoms with E-state index in [9.17, 15) is 4.79 Å². The maximum atomic E-state index is 12.9. The Labute approximate surface area is 141 Å². The van der Waals surface area contributed by atoms with Crippen LogP contribution in [0.15, 0.2) is 42.7 Å². The highest BCUT2D eigenvalue weighted by Gasteiger charge is 2.25. The Morgan fingerprint density at radius 3 is 2.33 bits per heavy atom. The summed E-state index contributed by atoms with van der Waals surface area (Å²) in [5.41, 5.74) is 1.67. The molecule has 0 atom stereocenters. The van der Waals surface area contributed by atoms with Gasteiger partial charge < -0.3 is 19.3 Å². The highest BCUT2D eigenvalue weighted by atomic mass is 16.5. The first kappa shape index (κ1) is 16.1. The Balaban J connectivity index is 1.72. The van der Waals surface area contributed by atoms with Crippen molar-refractivity contribution >= 4 is 11.6 Å². The number of piperazine rings is 1. The summed E-state index contributed by atoms with van der Waals surface area (Å²) in [6.45, 7) is 2.92. The van der Waals surface area contributed by atoms with Gasteiger partial charge in [0.05, 0.1) is 19.8 Å². The summed E-state index contributed by atoms with van der Waals surface area (Å²) >= 11 is 0. The minimum atomic E-state index is -0.0277. The Bertz CT molecular complexity index is 698. The fourth-order valence-corrected chi connectivity index (χ4v) is 2.95. The third-order valence-electron chi connectivity index (χ3n) is 4.23. The smallest absolute Gasteiger partial charge is 0.257 e. The number of benzene rings is 1. The minimum Gasteiger partial charge on any atom is -0.493 e. The van der Waals surface area contributed by atoms with Gasteiger partial charge in [0.1, 0.15) is 0 Å². The third-order valence-corrected chi connectivity index (χ3v) is 4.23. The molecule has 0 saturated carbocycles. The van der Waals surface area contributed by atoms with E-state index >= 15 is 0 Å². The summed E-state index contributed by atoms with van der Waals surface area (Å²) in [5, 5.41) is 0. The van der Waals surface area contributed by atoms with E-state index in [4.69, 9.17) is 9.47 Å². The lowest BCUT2D eigenvalue weighted by molar-refractivity contribution is 0.0742. The van der Waals surface area contributed by atoms with Crippen LogP contribution in [0.1, 0.15) is 10.4 Å². The second-order valence-corrected chi connectivity index (χ2v) is 5.53. The van der Waals surface area contributed by atoms with Crippen molar-refractivity contribution in [1.82, 2.24) is 9.88 Å². The van der Waals surface area contributed by atoms with E-state index in [0.717, 1.165) is 18.8 Å². The molecule has 1 aliphatic rings. The Hall–Kier alpha value is -2.76. The average Bonchev–Trinajstić information content (AvgIpc) is 2.67. The molecule has 6 heteroatoms. The molecule has 2 aromatic rings. The molecular weight excluding hydrogens is 306 g/mol. The zero-order chi connectivity index (χ0) is 16.9. The van der Waals surface area contributed by atoms with Crippen LogP contribution in [0, 0.1) is 0 Å². The molecule has 0 bridgehead atoms. The van der Waals surface area contributed by atoms with Crippen LogP contribution >= 0.6 is 0 Å². The number of hydrogen-bond acceptors (Lipinski definition) is 5. The minimum absolute atomic E-state index is 0.0277. The van der Waals surface area contributed by atoms with Gasteiger partial charge in [-0.15, -0.1) is 0 Å². The number of amides is 1. The number of aromatic nitrogens is 1. The molecule has 1 aromatic heterocycles. The standard InChI is InChI=1S/C18H21N3O3/c1-23-16-5-3-4-15(17(16)24-2)18(22)21-12-10-20(11-13-21)14-6-8-19-9-7-14/h3-9H,10-13H2,1-2H3. The first-order valence-corrected chi connectivity index (χ1v) is 7.90. The summed E-state index contributed by atoms with van der Waals surface area (Å²) in [7, 11) is 3.12. The van der Waals surface area contributed by atoms with Gasteiger partial charge >= 0.3 is 0 Å². The zero-order valence-corrected chi connectivity index (χ0v) is 13.9. The van der Waals surface area contributed by atoms with Crippen LogP contribution in [-0.4, -0.2) is 56.2 Å². The second-order valence-electron chi connectivity index (χ2n) is 5.53. The molecule has 0 radical (unpaired) electrons. The number of para-hydroxylation sites is 1. The van der Waals surface area contributed by atoms with Gasteiger partial charge in [-0.3, -0.25) is 9.78 Å². The molecule has 0 unspecified atom stereocenters. The number of methoxy groups -OCH3 is 2. The normalized spacial score (nSPS) is 14.4. The monoisotopic (exact) mass is 327 g/mol. The zero-order valence-electron chi connectivity index (χ0n) is 13.9. The van der Waals surface area contributed by atoms with Crippen LogP contribution in [0.3, 0.4) is 0 Å². The SMILES string of the molecule is COc1cccc(C(=O)N2CCN(c3ccncc3)CC2)c1OC. The average molecular weight is 327 g/mol. The Morgan fingerprint density at radius 2 is 1.71 bits per heavy atom. The predicted molar refractivity (Wildman–Crippen MR) is 91.9 cm³/mol. The van der Waals surface area contributed by atoms with E-state index in [1.807, 2.05) is 23.1 Å². The number of carbonyl (C=O) groups is 1. The molecule has 1 aliphatic heterocycles. The van der Waals surface area contributed by atoms with Crippen LogP contribution in [0.2, 0.25) is 0 Å². The molecule has 3 rings (SSSR count). The Morgan fingerprint density at radius 1 is 1.00 bits per heavy atom. The second kappa shape index (κ2) is 7.21. The fraction of sp³-hybridized carbons (Fsp3) is 0.333. The van der Waals surface area contributed by atoms with E-state index in [1.165, 1.54) is 0 Å². The van der Waals surface area contributed by atoms with Crippen molar-refractivity contribution in [2.24, 2.45) is 0 Å². The summed E-state index contributed by atoms with van der Waals surface area (Å²) in [4.78, 5) is 21.0. The number of anilines is 1. The van der Waals surface area contributed by atoms with Crippen LogP contribution < -0.4 is 14.4 Å². The number of rotatable bonds is 4. The van der Waals surface area contributed by atoms with Crippen molar-refractivity contribution in [3.63, 3.8) is 0 Å². The fourth-order valence-electron chi connectivity index (χ4n) is 2.95. The lowest BCUT2D eigenvalue weighted by Gasteiger charge is -2.36. The van der Waals surface area contributed by atoms with Gasteiger partial charge in [-0.25, -0.2) is 0 Å². The van der Waals surface area contributed by atoms with Gasteiger partial charge in [0.15, 0.2) is 11.5 Å². The van der Waals surface area contributed by atoms with E-state index in [2.05, 4.69) is 9.88 Å². The third kappa shape index (κ3) is 3.13. The highest BCUT2D eigenvalue weighted by molar-refractivity contribution is 5.98. The maximum Gasteiger partial charge on any atom is 0.257 e. The van der Waals surface area contributed by atoms with Crippen molar-refractivity contribution in [1.29, 1.82) is 0 Å². The van der Waals surface area contributed by atoms with Crippen LogP contribution in [-0.2, 0) is 0 Å². The van der Waals surface area contributed by atoms with E-state index in [1.54, 1.807) is 38.7 Å². The first-order valence-electron chi connectivity index (χ1n) is 7.90. The lowest BCUT2D eigenvalue weighted by atomic mass is 10.1. The molecule has 6 nitrogen and oxygen atoms in total. The molecule has 0 N–H and O–H groups in total. The lowest BCUT2D eigenvalue weighted by Crippen LogP contribution is -2.48. The van der Waals surface area contributed by atoms with Crippen LogP contribution in [0.25, 0.3) is 0 Å². The van der Waals surface area contributed by atoms with E-state index < -0.39 is 0 Å². The Kier molecular flexibility index (Phi) is 4.84. The van der Waals surface area contributed by atoms with Crippen LogP contribution in [0.4, 0.5) is 5.69 Å². The number of hydrogen-bond donors (Lipinski definition) is 0. The molecule has 0 spiro atoms. The van der Waals surface area contributed by atoms with Crippen molar-refractivity contribution in [3.05, 3.63) is 48.3 Å². The molecule has 2 heterocycles. The summed E-state index contributed by atoms with van der Waals surface area (Å²) in [6.07, 6.45) is 3.57. The summed E-state index contributed by atoms with van der Waals surface area (Å²) in [5.74, 6) is 1.03. The van der Waals surface area contributed by atoms with E-state index in [0.29, 0.717) is 30.2 Å². The van der Waals surface area contributed by atoms with Gasteiger partial charge in [0, 0.05) is 44.3 Å². The first-order chi connectivity index (χ1) is 11.7. The maximum absolute atomic E-state index is 12.9. The number of nitrogens with zero attached hydrogens (tertiary/aromatic N) is 3. The van der Waals surface area contributed by atoms with Gasteiger partial charge in [0.25, 0.3) is 5.91 Å². The van der Waals surface area contributed by atoms with Gasteiger partial charge in [-0.1, -0.05) is 6.07 Å². The van der Waals surface area contributed by atoms with Crippen molar-refractivity contribution < 1.29 is 14.3 Å². The van der Waals surface area contributed by atoms with Crippen molar-refractivity contribution in [3.8, 4) is 11.5 Å². The topological polar surface area (TPSA) is 54.9 Å². The molecule has 1 fully saturated rings. The van der Waals surface area contributed by atoms with Crippen LogP contribution in [0.5, 0.6) is 11.5 Å². The van der Waals surface area contributed by atoms with Crippen molar-refractivity contribution in [2.45, 2.75) is 0 Å².